The lowest BCUT2D eigenvalue weighted by Crippen LogP contribution is -1.85. The Kier molecular flexibility index (Phi) is 6.39. The minimum absolute atomic E-state index is 0.898. The molecule has 0 aliphatic rings. The third kappa shape index (κ3) is 6.58. The number of benzene rings is 1. The summed E-state index contributed by atoms with van der Waals surface area (Å²) in [7, 11) is 0. The van der Waals surface area contributed by atoms with E-state index in [1.54, 1.807) is 11.9 Å². The molecule has 0 aromatic heterocycles. The molecule has 0 heterocycles. The van der Waals surface area contributed by atoms with Crippen molar-refractivity contribution in [2.75, 3.05) is 0 Å². The van der Waals surface area contributed by atoms with Crippen molar-refractivity contribution in [3.05, 3.63) is 48.6 Å². The van der Waals surface area contributed by atoms with Crippen molar-refractivity contribution in [1.82, 2.24) is 0 Å². The molecule has 0 atom stereocenters. The number of carboxylic acids is 1. The lowest BCUT2D eigenvalue weighted by molar-refractivity contribution is -0.131. The van der Waals surface area contributed by atoms with Crippen molar-refractivity contribution in [1.29, 1.82) is 5.41 Å². The third-order valence-corrected chi connectivity index (χ3v) is 1.22. The Morgan fingerprint density at radius 1 is 1.43 bits per heavy atom. The minimum atomic E-state index is -0.922. The van der Waals surface area contributed by atoms with Crippen LogP contribution in [-0.2, 0) is 4.79 Å². The van der Waals surface area contributed by atoms with Gasteiger partial charge in [-0.3, -0.25) is 5.41 Å². The largest absolute Gasteiger partial charge is 0.478 e. The molecule has 0 saturated heterocycles. The Morgan fingerprint density at radius 2 is 1.93 bits per heavy atom. The van der Waals surface area contributed by atoms with Crippen LogP contribution in [0.1, 0.15) is 5.56 Å². The Labute approximate surface area is 82.5 Å². The van der Waals surface area contributed by atoms with Gasteiger partial charge in [0.25, 0.3) is 0 Å². The SMILES string of the molecule is C=C=N.O=C(O)/C=C/c1ccccc1. The molecule has 0 radical (unpaired) electrons. The molecule has 1 rings (SSSR count). The molecule has 0 aliphatic carbocycles. The highest BCUT2D eigenvalue weighted by atomic mass is 16.4. The van der Waals surface area contributed by atoms with Crippen molar-refractivity contribution < 1.29 is 9.90 Å². The fraction of sp³-hybridized carbons (Fsp3) is 0. The predicted octanol–water partition coefficient (Wildman–Crippen LogP) is 2.21. The Balaban J connectivity index is 0.000000500. The maximum absolute atomic E-state index is 10.1. The quantitative estimate of drug-likeness (QED) is 0.553. The highest BCUT2D eigenvalue weighted by molar-refractivity contribution is 5.85. The van der Waals surface area contributed by atoms with Crippen LogP contribution >= 0.6 is 0 Å². The molecule has 14 heavy (non-hydrogen) atoms. The maximum Gasteiger partial charge on any atom is 0.328 e. The monoisotopic (exact) mass is 189 g/mol. The van der Waals surface area contributed by atoms with E-state index in [9.17, 15) is 4.79 Å². The predicted molar refractivity (Wildman–Crippen MR) is 56.5 cm³/mol. The molecular weight excluding hydrogens is 178 g/mol. The summed E-state index contributed by atoms with van der Waals surface area (Å²) in [5.41, 5.74) is 0.898. The van der Waals surface area contributed by atoms with Gasteiger partial charge in [-0.1, -0.05) is 30.3 Å². The van der Waals surface area contributed by atoms with Gasteiger partial charge in [0, 0.05) is 6.08 Å². The summed E-state index contributed by atoms with van der Waals surface area (Å²) in [5, 5.41) is 14.1. The molecular formula is C11H11NO2. The molecule has 3 nitrogen and oxygen atoms in total. The fourth-order valence-corrected chi connectivity index (χ4v) is 0.732. The molecule has 1 aromatic rings. The zero-order valence-corrected chi connectivity index (χ0v) is 7.60. The van der Waals surface area contributed by atoms with Crippen LogP contribution in [0, 0.1) is 5.41 Å². The van der Waals surface area contributed by atoms with Crippen molar-refractivity contribution >= 4 is 17.9 Å². The zero-order valence-electron chi connectivity index (χ0n) is 7.60. The van der Waals surface area contributed by atoms with Gasteiger partial charge in [0.05, 0.1) is 0 Å². The van der Waals surface area contributed by atoms with E-state index in [4.69, 9.17) is 10.5 Å². The van der Waals surface area contributed by atoms with Crippen LogP contribution in [0.15, 0.2) is 43.0 Å². The van der Waals surface area contributed by atoms with Gasteiger partial charge in [-0.05, 0) is 24.1 Å². The lowest BCUT2D eigenvalue weighted by atomic mass is 10.2. The van der Waals surface area contributed by atoms with E-state index < -0.39 is 5.97 Å². The van der Waals surface area contributed by atoms with Gasteiger partial charge in [0.15, 0.2) is 0 Å². The first-order valence-corrected chi connectivity index (χ1v) is 3.85. The van der Waals surface area contributed by atoms with Gasteiger partial charge < -0.3 is 5.11 Å². The molecule has 0 spiro atoms. The highest BCUT2D eigenvalue weighted by Gasteiger charge is 1.85. The first-order valence-electron chi connectivity index (χ1n) is 3.85. The van der Waals surface area contributed by atoms with E-state index >= 15 is 0 Å². The highest BCUT2D eigenvalue weighted by Crippen LogP contribution is 1.99. The first-order chi connectivity index (χ1) is 6.70. The smallest absolute Gasteiger partial charge is 0.328 e. The number of rotatable bonds is 2. The second kappa shape index (κ2) is 7.53. The number of nitrogens with one attached hydrogen (secondary N) is 1. The molecule has 0 unspecified atom stereocenters. The first kappa shape index (κ1) is 11.9. The summed E-state index contributed by atoms with van der Waals surface area (Å²) in [6.07, 6.45) is 2.68. The summed E-state index contributed by atoms with van der Waals surface area (Å²) in [4.78, 5) is 10.1. The summed E-state index contributed by atoms with van der Waals surface area (Å²) >= 11 is 0. The normalized spacial score (nSPS) is 8.57. The number of aliphatic carboxylic acids is 1. The number of carbonyl (C=O) groups is 1. The molecule has 72 valence electrons. The van der Waals surface area contributed by atoms with Crippen LogP contribution in [-0.4, -0.2) is 16.9 Å². The third-order valence-electron chi connectivity index (χ3n) is 1.22. The Bertz CT molecular complexity index is 336. The second-order valence-electron chi connectivity index (χ2n) is 2.26. The van der Waals surface area contributed by atoms with E-state index in [1.165, 1.54) is 0 Å². The summed E-state index contributed by atoms with van der Waals surface area (Å²) in [5.74, 6) is 0.828. The number of carboxylic acid groups (broad SMARTS) is 1. The van der Waals surface area contributed by atoms with Crippen molar-refractivity contribution in [3.63, 3.8) is 0 Å². The van der Waals surface area contributed by atoms with Crippen LogP contribution in [0.25, 0.3) is 6.08 Å². The van der Waals surface area contributed by atoms with Gasteiger partial charge in [0.2, 0.25) is 0 Å². The van der Waals surface area contributed by atoms with Crippen LogP contribution in [0.3, 0.4) is 0 Å². The van der Waals surface area contributed by atoms with E-state index in [2.05, 4.69) is 6.58 Å². The molecule has 2 N–H and O–H groups in total. The average molecular weight is 189 g/mol. The van der Waals surface area contributed by atoms with Crippen molar-refractivity contribution in [2.45, 2.75) is 0 Å². The van der Waals surface area contributed by atoms with Gasteiger partial charge in [-0.15, -0.1) is 0 Å². The molecule has 1 aromatic carbocycles. The van der Waals surface area contributed by atoms with E-state index in [-0.39, 0.29) is 0 Å². The van der Waals surface area contributed by atoms with E-state index in [1.807, 2.05) is 30.3 Å². The molecule has 0 amide bonds. The van der Waals surface area contributed by atoms with E-state index in [0.29, 0.717) is 0 Å². The summed E-state index contributed by atoms with van der Waals surface area (Å²) in [6, 6.07) is 9.31. The van der Waals surface area contributed by atoms with Gasteiger partial charge >= 0.3 is 5.97 Å². The van der Waals surface area contributed by atoms with Crippen molar-refractivity contribution in [2.24, 2.45) is 0 Å². The fourth-order valence-electron chi connectivity index (χ4n) is 0.732. The van der Waals surface area contributed by atoms with Gasteiger partial charge in [-0.25, -0.2) is 4.79 Å². The molecule has 0 bridgehead atoms. The maximum atomic E-state index is 10.1. The standard InChI is InChI=1S/C9H8O2.C2H3N/c10-9(11)7-6-8-4-2-1-3-5-8;1-2-3/h1-7H,(H,10,11);3H,1H2/b7-6+;. The Hall–Kier alpha value is -2.12. The van der Waals surface area contributed by atoms with Crippen molar-refractivity contribution in [3.8, 4) is 0 Å². The second-order valence-corrected chi connectivity index (χ2v) is 2.26. The lowest BCUT2D eigenvalue weighted by Gasteiger charge is -1.87. The average Bonchev–Trinajstić information content (AvgIpc) is 2.18. The van der Waals surface area contributed by atoms with Crippen LogP contribution in [0.5, 0.6) is 0 Å². The van der Waals surface area contributed by atoms with Gasteiger partial charge in [-0.2, -0.15) is 0 Å². The zero-order chi connectivity index (χ0) is 10.8. The van der Waals surface area contributed by atoms with Crippen LogP contribution in [0.4, 0.5) is 0 Å². The topological polar surface area (TPSA) is 61.2 Å². The molecule has 0 saturated carbocycles. The molecule has 3 heteroatoms. The van der Waals surface area contributed by atoms with Crippen LogP contribution in [0.2, 0.25) is 0 Å². The summed E-state index contributed by atoms with van der Waals surface area (Å²) in [6.45, 7) is 2.90. The van der Waals surface area contributed by atoms with Crippen LogP contribution < -0.4 is 0 Å². The molecule has 0 aliphatic heterocycles. The number of hydrogen-bond acceptors (Lipinski definition) is 2. The van der Waals surface area contributed by atoms with Gasteiger partial charge in [0.1, 0.15) is 0 Å². The van der Waals surface area contributed by atoms with E-state index in [0.717, 1.165) is 11.6 Å². The Morgan fingerprint density at radius 3 is 2.36 bits per heavy atom. The summed E-state index contributed by atoms with van der Waals surface area (Å²) < 4.78 is 0. The number of hydrogen-bond donors (Lipinski definition) is 2. The molecule has 0 fully saturated rings. The minimum Gasteiger partial charge on any atom is -0.478 e.